The summed E-state index contributed by atoms with van der Waals surface area (Å²) in [4.78, 5) is 25.5. The fourth-order valence-electron chi connectivity index (χ4n) is 1.83. The zero-order valence-electron chi connectivity index (χ0n) is 12.1. The van der Waals surface area contributed by atoms with Gasteiger partial charge >= 0.3 is 5.69 Å². The van der Waals surface area contributed by atoms with Gasteiger partial charge in [0, 0.05) is 13.2 Å². The molecule has 1 heterocycles. The van der Waals surface area contributed by atoms with Crippen LogP contribution >= 0.6 is 0 Å². The van der Waals surface area contributed by atoms with Crippen molar-refractivity contribution in [1.29, 1.82) is 0 Å². The number of H-pyrrole nitrogens is 1. The van der Waals surface area contributed by atoms with Gasteiger partial charge in [0.05, 0.1) is 12.8 Å². The SMILES string of the molecule is CCCCOc1cn(CCCCCCO)c(=O)[nH]c1=O. The quantitative estimate of drug-likeness (QED) is 0.634. The first kappa shape index (κ1) is 16.5. The molecule has 0 spiro atoms. The van der Waals surface area contributed by atoms with E-state index >= 15 is 0 Å². The Kier molecular flexibility index (Phi) is 7.72. The van der Waals surface area contributed by atoms with Gasteiger partial charge in [-0.1, -0.05) is 26.2 Å². The summed E-state index contributed by atoms with van der Waals surface area (Å²) in [6.07, 6.45) is 6.85. The molecular weight excluding hydrogens is 260 g/mol. The number of nitrogens with zero attached hydrogens (tertiary/aromatic N) is 1. The largest absolute Gasteiger partial charge is 0.487 e. The third-order valence-electron chi connectivity index (χ3n) is 3.04. The molecule has 0 radical (unpaired) electrons. The van der Waals surface area contributed by atoms with Crippen molar-refractivity contribution in [1.82, 2.24) is 9.55 Å². The Hall–Kier alpha value is -1.56. The van der Waals surface area contributed by atoms with Crippen LogP contribution in [0.15, 0.2) is 15.8 Å². The maximum Gasteiger partial charge on any atom is 0.328 e. The first-order chi connectivity index (χ1) is 9.69. The van der Waals surface area contributed by atoms with Crippen LogP contribution < -0.4 is 16.0 Å². The minimum atomic E-state index is -0.470. The van der Waals surface area contributed by atoms with Crippen molar-refractivity contribution in [2.45, 2.75) is 52.0 Å². The number of hydrogen-bond acceptors (Lipinski definition) is 4. The monoisotopic (exact) mass is 284 g/mol. The molecule has 1 rings (SSSR count). The van der Waals surface area contributed by atoms with Crippen LogP contribution in [0.3, 0.4) is 0 Å². The average Bonchev–Trinajstić information content (AvgIpc) is 2.43. The lowest BCUT2D eigenvalue weighted by molar-refractivity contribution is 0.282. The predicted octanol–water partition coefficient (Wildman–Crippen LogP) is 1.27. The second-order valence-electron chi connectivity index (χ2n) is 4.79. The van der Waals surface area contributed by atoms with Crippen molar-refractivity contribution < 1.29 is 9.84 Å². The smallest absolute Gasteiger partial charge is 0.328 e. The Morgan fingerprint density at radius 1 is 1.20 bits per heavy atom. The first-order valence-electron chi connectivity index (χ1n) is 7.26. The van der Waals surface area contributed by atoms with Crippen molar-refractivity contribution in [2.24, 2.45) is 0 Å². The van der Waals surface area contributed by atoms with Gasteiger partial charge in [0.2, 0.25) is 5.75 Å². The maximum absolute atomic E-state index is 11.7. The second kappa shape index (κ2) is 9.36. The average molecular weight is 284 g/mol. The Bertz CT molecular complexity index is 493. The zero-order valence-corrected chi connectivity index (χ0v) is 12.1. The molecule has 20 heavy (non-hydrogen) atoms. The molecule has 6 heteroatoms. The van der Waals surface area contributed by atoms with Crippen LogP contribution in [0, 0.1) is 0 Å². The molecule has 1 aromatic heterocycles. The van der Waals surface area contributed by atoms with Gasteiger partial charge in [-0.2, -0.15) is 0 Å². The lowest BCUT2D eigenvalue weighted by Gasteiger charge is -2.08. The molecule has 0 aliphatic rings. The summed E-state index contributed by atoms with van der Waals surface area (Å²) in [7, 11) is 0. The van der Waals surface area contributed by atoms with Crippen molar-refractivity contribution in [3.8, 4) is 5.75 Å². The fraction of sp³-hybridized carbons (Fsp3) is 0.714. The van der Waals surface area contributed by atoms with Gasteiger partial charge in [0.25, 0.3) is 5.56 Å². The van der Waals surface area contributed by atoms with E-state index in [9.17, 15) is 9.59 Å². The molecular formula is C14H24N2O4. The summed E-state index contributed by atoms with van der Waals surface area (Å²) < 4.78 is 6.86. The molecule has 0 aromatic carbocycles. The van der Waals surface area contributed by atoms with E-state index in [1.54, 1.807) is 0 Å². The number of aliphatic hydroxyl groups excluding tert-OH is 1. The van der Waals surface area contributed by atoms with E-state index in [1.165, 1.54) is 10.8 Å². The van der Waals surface area contributed by atoms with E-state index in [4.69, 9.17) is 9.84 Å². The number of ether oxygens (including phenoxy) is 1. The van der Waals surface area contributed by atoms with Gasteiger partial charge in [-0.25, -0.2) is 4.79 Å². The number of unbranched alkanes of at least 4 members (excludes halogenated alkanes) is 4. The van der Waals surface area contributed by atoms with Crippen LogP contribution in [0.2, 0.25) is 0 Å². The summed E-state index contributed by atoms with van der Waals surface area (Å²) >= 11 is 0. The van der Waals surface area contributed by atoms with E-state index < -0.39 is 11.2 Å². The molecule has 6 nitrogen and oxygen atoms in total. The Morgan fingerprint density at radius 3 is 2.65 bits per heavy atom. The molecule has 0 aliphatic heterocycles. The molecule has 0 atom stereocenters. The lowest BCUT2D eigenvalue weighted by atomic mass is 10.2. The van der Waals surface area contributed by atoms with Gasteiger partial charge < -0.3 is 9.84 Å². The van der Waals surface area contributed by atoms with Gasteiger partial charge in [-0.15, -0.1) is 0 Å². The number of aromatic amines is 1. The first-order valence-corrected chi connectivity index (χ1v) is 7.26. The molecule has 0 bridgehead atoms. The summed E-state index contributed by atoms with van der Waals surface area (Å²) in [5, 5.41) is 8.68. The topological polar surface area (TPSA) is 84.3 Å². The summed E-state index contributed by atoms with van der Waals surface area (Å²) in [5.41, 5.74) is -0.873. The van der Waals surface area contributed by atoms with Gasteiger partial charge in [-0.3, -0.25) is 14.3 Å². The molecule has 0 unspecified atom stereocenters. The molecule has 114 valence electrons. The van der Waals surface area contributed by atoms with Crippen molar-refractivity contribution in [3.05, 3.63) is 27.0 Å². The molecule has 0 saturated carbocycles. The standard InChI is InChI=1S/C14H24N2O4/c1-2-3-10-20-12-11-16(14(19)15-13(12)18)8-6-4-5-7-9-17/h11,17H,2-10H2,1H3,(H,15,18,19). The Morgan fingerprint density at radius 2 is 1.95 bits per heavy atom. The number of rotatable bonds is 10. The van der Waals surface area contributed by atoms with Crippen LogP contribution in [0.1, 0.15) is 45.4 Å². The van der Waals surface area contributed by atoms with E-state index in [0.29, 0.717) is 13.2 Å². The number of nitrogens with one attached hydrogen (secondary N) is 1. The van der Waals surface area contributed by atoms with Crippen molar-refractivity contribution in [3.63, 3.8) is 0 Å². The number of aromatic nitrogens is 2. The lowest BCUT2D eigenvalue weighted by Crippen LogP contribution is -2.30. The van der Waals surface area contributed by atoms with E-state index in [2.05, 4.69) is 4.98 Å². The molecule has 1 aromatic rings. The van der Waals surface area contributed by atoms with Crippen LogP contribution in [-0.2, 0) is 6.54 Å². The maximum atomic E-state index is 11.7. The molecule has 2 N–H and O–H groups in total. The predicted molar refractivity (Wildman–Crippen MR) is 77.3 cm³/mol. The highest BCUT2D eigenvalue weighted by Gasteiger charge is 2.05. The minimum Gasteiger partial charge on any atom is -0.487 e. The third kappa shape index (κ3) is 5.61. The zero-order chi connectivity index (χ0) is 14.8. The van der Waals surface area contributed by atoms with Gasteiger partial charge in [0.15, 0.2) is 0 Å². The molecule has 0 aliphatic carbocycles. The highest BCUT2D eigenvalue weighted by atomic mass is 16.5. The number of aliphatic hydroxyl groups is 1. The van der Waals surface area contributed by atoms with Gasteiger partial charge in [0.1, 0.15) is 0 Å². The van der Waals surface area contributed by atoms with Gasteiger partial charge in [-0.05, 0) is 19.3 Å². The second-order valence-corrected chi connectivity index (χ2v) is 4.79. The van der Waals surface area contributed by atoms with Crippen LogP contribution in [0.5, 0.6) is 5.75 Å². The molecule has 0 fully saturated rings. The summed E-state index contributed by atoms with van der Waals surface area (Å²) in [6.45, 7) is 3.27. The number of aryl methyl sites for hydroxylation is 1. The van der Waals surface area contributed by atoms with E-state index in [0.717, 1.165) is 38.5 Å². The van der Waals surface area contributed by atoms with E-state index in [-0.39, 0.29) is 12.4 Å². The number of hydrogen-bond donors (Lipinski definition) is 2. The van der Waals surface area contributed by atoms with Crippen LogP contribution in [-0.4, -0.2) is 27.9 Å². The highest BCUT2D eigenvalue weighted by molar-refractivity contribution is 5.11. The van der Waals surface area contributed by atoms with Crippen LogP contribution in [0.25, 0.3) is 0 Å². The molecule has 0 amide bonds. The third-order valence-corrected chi connectivity index (χ3v) is 3.04. The Labute approximate surface area is 118 Å². The summed E-state index contributed by atoms with van der Waals surface area (Å²) in [5.74, 6) is 0.202. The minimum absolute atomic E-state index is 0.202. The highest BCUT2D eigenvalue weighted by Crippen LogP contribution is 2.04. The Balaban J connectivity index is 2.59. The molecule has 0 saturated heterocycles. The van der Waals surface area contributed by atoms with Crippen molar-refractivity contribution >= 4 is 0 Å². The van der Waals surface area contributed by atoms with Crippen molar-refractivity contribution in [2.75, 3.05) is 13.2 Å². The normalized spacial score (nSPS) is 10.7. The summed E-state index contributed by atoms with van der Waals surface area (Å²) in [6, 6.07) is 0. The fourth-order valence-corrected chi connectivity index (χ4v) is 1.83. The van der Waals surface area contributed by atoms with Crippen LogP contribution in [0.4, 0.5) is 0 Å². The van der Waals surface area contributed by atoms with E-state index in [1.807, 2.05) is 6.92 Å².